The van der Waals surface area contributed by atoms with E-state index < -0.39 is 24.2 Å². The third-order valence-corrected chi connectivity index (χ3v) is 7.98. The molecular formula is C29H33F6N5. The normalized spacial score (nSPS) is 19.3. The highest BCUT2D eigenvalue weighted by atomic mass is 19.4. The Bertz CT molecular complexity index is 1320. The maximum Gasteiger partial charge on any atom is 0.416 e. The first-order valence-corrected chi connectivity index (χ1v) is 13.4. The molecule has 1 atom stereocenters. The van der Waals surface area contributed by atoms with Gasteiger partial charge < -0.3 is 9.80 Å². The predicted molar refractivity (Wildman–Crippen MR) is 142 cm³/mol. The van der Waals surface area contributed by atoms with Gasteiger partial charge in [0.05, 0.1) is 41.5 Å². The molecule has 5 rings (SSSR count). The number of benzene rings is 2. The van der Waals surface area contributed by atoms with E-state index in [0.29, 0.717) is 49.7 Å². The molecule has 2 aliphatic heterocycles. The fourth-order valence-electron chi connectivity index (χ4n) is 6.15. The maximum absolute atomic E-state index is 14.6. The minimum absolute atomic E-state index is 0.0253. The van der Waals surface area contributed by atoms with E-state index in [9.17, 15) is 26.3 Å². The number of piperidine rings is 1. The fourth-order valence-corrected chi connectivity index (χ4v) is 6.15. The van der Waals surface area contributed by atoms with Crippen LogP contribution in [0.4, 0.5) is 37.7 Å². The van der Waals surface area contributed by atoms with E-state index in [1.165, 1.54) is 29.1 Å². The van der Waals surface area contributed by atoms with Crippen molar-refractivity contribution in [2.45, 2.75) is 70.9 Å². The van der Waals surface area contributed by atoms with Gasteiger partial charge in [0.15, 0.2) is 0 Å². The van der Waals surface area contributed by atoms with Crippen molar-refractivity contribution < 1.29 is 26.3 Å². The number of rotatable bonds is 6. The molecule has 1 fully saturated rings. The van der Waals surface area contributed by atoms with Crippen LogP contribution in [0.5, 0.6) is 0 Å². The molecule has 216 valence electrons. The molecule has 1 saturated heterocycles. The summed E-state index contributed by atoms with van der Waals surface area (Å²) in [5.74, 6) is -3.29. The number of para-hydroxylation sites is 1. The van der Waals surface area contributed by atoms with Gasteiger partial charge in [-0.05, 0) is 49.9 Å². The van der Waals surface area contributed by atoms with Gasteiger partial charge in [0.1, 0.15) is 12.4 Å². The summed E-state index contributed by atoms with van der Waals surface area (Å²) in [4.78, 5) is 5.99. The Balaban J connectivity index is 1.44. The molecule has 0 bridgehead atoms. The summed E-state index contributed by atoms with van der Waals surface area (Å²) in [7, 11) is 0. The van der Waals surface area contributed by atoms with E-state index >= 15 is 0 Å². The summed E-state index contributed by atoms with van der Waals surface area (Å²) < 4.78 is 85.4. The zero-order chi connectivity index (χ0) is 28.8. The molecule has 0 aliphatic carbocycles. The van der Waals surface area contributed by atoms with E-state index in [1.54, 1.807) is 17.0 Å². The van der Waals surface area contributed by atoms with Crippen LogP contribution in [0.15, 0.2) is 48.7 Å². The Hall–Kier alpha value is -3.21. The zero-order valence-corrected chi connectivity index (χ0v) is 22.7. The highest BCUT2D eigenvalue weighted by Crippen LogP contribution is 2.41. The van der Waals surface area contributed by atoms with Crippen LogP contribution in [0.25, 0.3) is 0 Å². The van der Waals surface area contributed by atoms with Crippen molar-refractivity contribution in [2.75, 3.05) is 29.6 Å². The summed E-state index contributed by atoms with van der Waals surface area (Å²) in [5, 5.41) is 4.24. The Kier molecular flexibility index (Phi) is 7.54. The first-order valence-electron chi connectivity index (χ1n) is 13.4. The third kappa shape index (κ3) is 5.66. The molecular weight excluding hydrogens is 532 g/mol. The molecule has 0 amide bonds. The lowest BCUT2D eigenvalue weighted by Gasteiger charge is -2.47. The first-order chi connectivity index (χ1) is 18.8. The van der Waals surface area contributed by atoms with Crippen molar-refractivity contribution >= 4 is 11.4 Å². The van der Waals surface area contributed by atoms with Gasteiger partial charge in [-0.2, -0.15) is 18.3 Å². The Morgan fingerprint density at radius 2 is 1.68 bits per heavy atom. The van der Waals surface area contributed by atoms with Crippen molar-refractivity contribution in [2.24, 2.45) is 0 Å². The van der Waals surface area contributed by atoms with Gasteiger partial charge in [0, 0.05) is 32.6 Å². The molecule has 0 radical (unpaired) electrons. The van der Waals surface area contributed by atoms with E-state index in [4.69, 9.17) is 0 Å². The van der Waals surface area contributed by atoms with Crippen LogP contribution >= 0.6 is 0 Å². The van der Waals surface area contributed by atoms with Crippen LogP contribution in [0.3, 0.4) is 0 Å². The topological polar surface area (TPSA) is 27.5 Å². The number of alkyl halides is 5. The molecule has 3 aromatic rings. The summed E-state index contributed by atoms with van der Waals surface area (Å²) >= 11 is 0. The van der Waals surface area contributed by atoms with Gasteiger partial charge in [-0.25, -0.2) is 13.2 Å². The van der Waals surface area contributed by atoms with Crippen molar-refractivity contribution in [1.29, 1.82) is 0 Å². The second kappa shape index (κ2) is 10.6. The SMILES string of the molecule is Cc1cccc(F)c1N1CCC(N2CN(Cc3ccccc3C(F)(F)F)c3cnn(CC(C)(F)F)c3[C@@H]2C)CC1. The Morgan fingerprint density at radius 3 is 2.33 bits per heavy atom. The van der Waals surface area contributed by atoms with Crippen LogP contribution < -0.4 is 9.80 Å². The lowest BCUT2D eigenvalue weighted by atomic mass is 9.97. The average Bonchev–Trinajstić information content (AvgIpc) is 3.28. The highest BCUT2D eigenvalue weighted by Gasteiger charge is 2.40. The van der Waals surface area contributed by atoms with Crippen LogP contribution in [0.1, 0.15) is 55.1 Å². The fraction of sp³-hybridized carbons (Fsp3) is 0.483. The van der Waals surface area contributed by atoms with Crippen LogP contribution in [0, 0.1) is 12.7 Å². The van der Waals surface area contributed by atoms with Gasteiger partial charge in [-0.1, -0.05) is 30.3 Å². The standard InChI is InChI=1S/C29H33F6N5/c1-19-7-6-10-24(30)26(19)37-13-11-22(12-14-37)39-18-38(16-21-8-4-5-9-23(21)29(33,34)35)25-15-36-40(17-28(3,31)32)27(25)20(39)2/h4-10,15,20,22H,11-14,16-18H2,1-3H3/t20-/m0/s1. The quantitative estimate of drug-likeness (QED) is 0.301. The molecule has 0 N–H and O–H groups in total. The number of nitrogens with zero attached hydrogens (tertiary/aromatic N) is 5. The second-order valence-electron chi connectivity index (χ2n) is 11.0. The van der Waals surface area contributed by atoms with Gasteiger partial charge in [0.25, 0.3) is 5.92 Å². The molecule has 2 aromatic carbocycles. The van der Waals surface area contributed by atoms with Gasteiger partial charge in [-0.3, -0.25) is 9.58 Å². The maximum atomic E-state index is 14.6. The lowest BCUT2D eigenvalue weighted by Crippen LogP contribution is -2.52. The number of halogens is 6. The Morgan fingerprint density at radius 1 is 0.975 bits per heavy atom. The van der Waals surface area contributed by atoms with Crippen molar-refractivity contribution in [1.82, 2.24) is 14.7 Å². The predicted octanol–water partition coefficient (Wildman–Crippen LogP) is 7.01. The number of hydrogen-bond acceptors (Lipinski definition) is 4. The molecule has 1 aromatic heterocycles. The second-order valence-corrected chi connectivity index (χ2v) is 11.0. The number of aryl methyl sites for hydroxylation is 1. The summed E-state index contributed by atoms with van der Waals surface area (Å²) in [6.45, 7) is 5.48. The third-order valence-electron chi connectivity index (χ3n) is 7.98. The summed E-state index contributed by atoms with van der Waals surface area (Å²) in [5.41, 5.74) is 1.95. The van der Waals surface area contributed by atoms with E-state index in [2.05, 4.69) is 10.00 Å². The van der Waals surface area contributed by atoms with E-state index in [1.807, 2.05) is 24.8 Å². The van der Waals surface area contributed by atoms with Crippen molar-refractivity contribution in [3.8, 4) is 0 Å². The lowest BCUT2D eigenvalue weighted by molar-refractivity contribution is -0.138. The first kappa shape index (κ1) is 28.3. The number of anilines is 2. The monoisotopic (exact) mass is 565 g/mol. The smallest absolute Gasteiger partial charge is 0.369 e. The molecule has 0 saturated carbocycles. The average molecular weight is 566 g/mol. The number of hydrogen-bond donors (Lipinski definition) is 0. The molecule has 5 nitrogen and oxygen atoms in total. The van der Waals surface area contributed by atoms with Crippen LogP contribution in [-0.2, 0) is 19.3 Å². The minimum atomic E-state index is -4.52. The summed E-state index contributed by atoms with van der Waals surface area (Å²) in [6, 6.07) is 10.2. The van der Waals surface area contributed by atoms with Gasteiger partial charge in [-0.15, -0.1) is 0 Å². The largest absolute Gasteiger partial charge is 0.416 e. The molecule has 40 heavy (non-hydrogen) atoms. The van der Waals surface area contributed by atoms with Crippen molar-refractivity contribution in [3.05, 3.63) is 76.9 Å². The Labute approximate surface area is 230 Å². The van der Waals surface area contributed by atoms with E-state index in [-0.39, 0.29) is 30.0 Å². The number of aromatic nitrogens is 2. The zero-order valence-electron chi connectivity index (χ0n) is 22.7. The molecule has 3 heterocycles. The molecule has 2 aliphatic rings. The van der Waals surface area contributed by atoms with Gasteiger partial charge >= 0.3 is 6.18 Å². The molecule has 0 unspecified atom stereocenters. The molecule has 11 heteroatoms. The highest BCUT2D eigenvalue weighted by molar-refractivity contribution is 5.56. The van der Waals surface area contributed by atoms with Crippen LogP contribution in [-0.4, -0.2) is 46.4 Å². The van der Waals surface area contributed by atoms with E-state index in [0.717, 1.165) is 18.6 Å². The molecule has 0 spiro atoms. The summed E-state index contributed by atoms with van der Waals surface area (Å²) in [6.07, 6.45) is -1.65. The van der Waals surface area contributed by atoms with Gasteiger partial charge in [0.2, 0.25) is 0 Å². The number of fused-ring (bicyclic) bond motifs is 1. The van der Waals surface area contributed by atoms with Crippen LogP contribution in [0.2, 0.25) is 0 Å². The minimum Gasteiger partial charge on any atom is -0.369 e. The van der Waals surface area contributed by atoms with Crippen molar-refractivity contribution in [3.63, 3.8) is 0 Å².